The molecule has 1 fully saturated rings. The maximum atomic E-state index is 12.9. The van der Waals surface area contributed by atoms with Crippen LogP contribution >= 0.6 is 0 Å². The Balaban J connectivity index is 1.81. The first kappa shape index (κ1) is 21.7. The summed E-state index contributed by atoms with van der Waals surface area (Å²) in [6.45, 7) is 0. The Morgan fingerprint density at radius 2 is 1.41 bits per heavy atom. The van der Waals surface area contributed by atoms with E-state index in [2.05, 4.69) is 27.1 Å². The molecule has 176 valence electrons. The average molecular weight is 463 g/mol. The van der Waals surface area contributed by atoms with Crippen molar-refractivity contribution in [2.75, 3.05) is 5.73 Å². The van der Waals surface area contributed by atoms with Gasteiger partial charge in [0.2, 0.25) is 0 Å². The lowest BCUT2D eigenvalue weighted by Gasteiger charge is -2.22. The number of fused-ring (bicyclic) bond motifs is 1. The summed E-state index contributed by atoms with van der Waals surface area (Å²) in [5.41, 5.74) is 6.52. The molecule has 5 N–H and O–H groups in total. The molecule has 3 aromatic heterocycles. The first-order chi connectivity index (χ1) is 16.3. The second kappa shape index (κ2) is 8.05. The van der Waals surface area contributed by atoms with E-state index in [0.29, 0.717) is 11.6 Å². The van der Waals surface area contributed by atoms with E-state index in [1.165, 1.54) is 56.3 Å². The predicted octanol–water partition coefficient (Wildman–Crippen LogP) is 1.91. The van der Waals surface area contributed by atoms with Gasteiger partial charge in [0.1, 0.15) is 11.5 Å². The number of hydrogen-bond acceptors (Lipinski definition) is 5. The number of nitrogens with two attached hydrogens (primary N) is 1. The molecule has 1 saturated carbocycles. The lowest BCUT2D eigenvalue weighted by atomic mass is 9.84. The number of nitrogens with zero attached hydrogens (tertiary/aromatic N) is 2. The number of aromatic amines is 3. The molecular formula is C24H26N6O4. The van der Waals surface area contributed by atoms with Gasteiger partial charge in [-0.05, 0) is 29.9 Å². The SMILES string of the molecule is Cn1c(N)c(-c2c(-c3ccc(C4CCCCC4)cc3)[nH]c3c2c(=O)[nH]c(=O)n3C)c(=O)[nH]c1=O. The number of H-pyrrole nitrogens is 3. The van der Waals surface area contributed by atoms with Crippen molar-refractivity contribution < 1.29 is 0 Å². The van der Waals surface area contributed by atoms with Gasteiger partial charge in [-0.25, -0.2) is 9.59 Å². The van der Waals surface area contributed by atoms with Crippen LogP contribution in [-0.4, -0.2) is 24.1 Å². The van der Waals surface area contributed by atoms with E-state index in [4.69, 9.17) is 5.73 Å². The summed E-state index contributed by atoms with van der Waals surface area (Å²) < 4.78 is 2.38. The zero-order valence-electron chi connectivity index (χ0n) is 19.0. The van der Waals surface area contributed by atoms with Crippen LogP contribution in [0.2, 0.25) is 0 Å². The molecule has 10 nitrogen and oxygen atoms in total. The maximum Gasteiger partial charge on any atom is 0.329 e. The maximum absolute atomic E-state index is 12.9. The van der Waals surface area contributed by atoms with Crippen molar-refractivity contribution in [1.29, 1.82) is 0 Å². The molecule has 0 radical (unpaired) electrons. The van der Waals surface area contributed by atoms with Gasteiger partial charge >= 0.3 is 11.4 Å². The van der Waals surface area contributed by atoms with Gasteiger partial charge < -0.3 is 10.7 Å². The van der Waals surface area contributed by atoms with Crippen molar-refractivity contribution >= 4 is 16.9 Å². The smallest absolute Gasteiger partial charge is 0.329 e. The minimum absolute atomic E-state index is 0.0103. The van der Waals surface area contributed by atoms with Gasteiger partial charge in [0.25, 0.3) is 11.1 Å². The number of benzene rings is 1. The molecule has 0 unspecified atom stereocenters. The number of anilines is 1. The van der Waals surface area contributed by atoms with Gasteiger partial charge in [-0.1, -0.05) is 43.5 Å². The van der Waals surface area contributed by atoms with E-state index in [-0.39, 0.29) is 28.0 Å². The van der Waals surface area contributed by atoms with Crippen molar-refractivity contribution in [1.82, 2.24) is 24.1 Å². The highest BCUT2D eigenvalue weighted by molar-refractivity contribution is 6.04. The standard InChI is InChI=1S/C24H26N6O4/c1-29-19(25)16(21(31)27-23(29)33)15-17-20(30(2)24(34)28-22(17)32)26-18(15)14-10-8-13(9-11-14)12-6-4-3-5-7-12/h8-12,26H,3-7,25H2,1-2H3,(H,27,31,33)(H,28,32,34). The molecule has 0 saturated heterocycles. The highest BCUT2D eigenvalue weighted by Crippen LogP contribution is 2.38. The molecule has 1 aliphatic carbocycles. The molecule has 1 aromatic carbocycles. The van der Waals surface area contributed by atoms with E-state index < -0.39 is 22.5 Å². The summed E-state index contributed by atoms with van der Waals surface area (Å²) in [5.74, 6) is 0.443. The summed E-state index contributed by atoms with van der Waals surface area (Å²) in [6, 6.07) is 8.02. The molecule has 0 atom stereocenters. The molecule has 1 aliphatic rings. The van der Waals surface area contributed by atoms with E-state index in [9.17, 15) is 19.2 Å². The lowest BCUT2D eigenvalue weighted by molar-refractivity contribution is 0.443. The molecule has 3 heterocycles. The van der Waals surface area contributed by atoms with E-state index >= 15 is 0 Å². The van der Waals surface area contributed by atoms with E-state index in [1.807, 2.05) is 12.1 Å². The number of nitrogens with one attached hydrogen (secondary N) is 3. The van der Waals surface area contributed by atoms with Crippen molar-refractivity contribution in [2.45, 2.75) is 38.0 Å². The summed E-state index contributed by atoms with van der Waals surface area (Å²) >= 11 is 0. The Hall–Kier alpha value is -4.08. The fourth-order valence-electron chi connectivity index (χ4n) is 5.01. The number of rotatable bonds is 3. The van der Waals surface area contributed by atoms with Crippen molar-refractivity contribution in [3.05, 3.63) is 71.5 Å². The Morgan fingerprint density at radius 3 is 2.09 bits per heavy atom. The first-order valence-electron chi connectivity index (χ1n) is 11.3. The Kier molecular flexibility index (Phi) is 5.15. The van der Waals surface area contributed by atoms with Crippen LogP contribution in [0.15, 0.2) is 43.4 Å². The van der Waals surface area contributed by atoms with Gasteiger partial charge in [0.05, 0.1) is 16.6 Å². The fourth-order valence-corrected chi connectivity index (χ4v) is 5.01. The fraction of sp³-hybridized carbons (Fsp3) is 0.333. The first-order valence-corrected chi connectivity index (χ1v) is 11.3. The predicted molar refractivity (Wildman–Crippen MR) is 131 cm³/mol. The van der Waals surface area contributed by atoms with Crippen LogP contribution in [0, 0.1) is 0 Å². The average Bonchev–Trinajstić information content (AvgIpc) is 3.23. The van der Waals surface area contributed by atoms with Crippen molar-refractivity contribution in [3.63, 3.8) is 0 Å². The van der Waals surface area contributed by atoms with Gasteiger partial charge in [-0.2, -0.15) is 0 Å². The van der Waals surface area contributed by atoms with Crippen LogP contribution in [0.5, 0.6) is 0 Å². The van der Waals surface area contributed by atoms with Crippen LogP contribution in [0.25, 0.3) is 33.4 Å². The second-order valence-corrected chi connectivity index (χ2v) is 8.95. The molecule has 5 rings (SSSR count). The minimum Gasteiger partial charge on any atom is -0.384 e. The quantitative estimate of drug-likeness (QED) is 0.366. The van der Waals surface area contributed by atoms with Crippen LogP contribution in [-0.2, 0) is 14.1 Å². The summed E-state index contributed by atoms with van der Waals surface area (Å²) in [6.07, 6.45) is 6.06. The summed E-state index contributed by atoms with van der Waals surface area (Å²) in [5, 5.41) is 0.115. The van der Waals surface area contributed by atoms with Crippen LogP contribution < -0.4 is 28.2 Å². The highest BCUT2D eigenvalue weighted by atomic mass is 16.2. The van der Waals surface area contributed by atoms with E-state index in [0.717, 1.165) is 10.1 Å². The molecule has 0 bridgehead atoms. The third-order valence-electron chi connectivity index (χ3n) is 6.96. The topological polar surface area (TPSA) is 152 Å². The Morgan fingerprint density at radius 1 is 0.794 bits per heavy atom. The Bertz CT molecular complexity index is 1640. The zero-order valence-corrected chi connectivity index (χ0v) is 19.0. The molecule has 10 heteroatoms. The number of nitrogen functional groups attached to an aromatic ring is 1. The van der Waals surface area contributed by atoms with Crippen LogP contribution in [0.1, 0.15) is 43.6 Å². The molecule has 34 heavy (non-hydrogen) atoms. The molecule has 0 aliphatic heterocycles. The summed E-state index contributed by atoms with van der Waals surface area (Å²) in [4.78, 5) is 57.8. The molecule has 4 aromatic rings. The van der Waals surface area contributed by atoms with Gasteiger partial charge in [0.15, 0.2) is 0 Å². The van der Waals surface area contributed by atoms with Crippen LogP contribution in [0.3, 0.4) is 0 Å². The summed E-state index contributed by atoms with van der Waals surface area (Å²) in [7, 11) is 2.95. The van der Waals surface area contributed by atoms with Gasteiger partial charge in [-0.15, -0.1) is 0 Å². The normalized spacial score (nSPS) is 14.6. The van der Waals surface area contributed by atoms with E-state index in [1.54, 1.807) is 0 Å². The number of hydrogen-bond donors (Lipinski definition) is 4. The van der Waals surface area contributed by atoms with Crippen LogP contribution in [0.4, 0.5) is 5.82 Å². The molecule has 0 spiro atoms. The third kappa shape index (κ3) is 3.33. The molecule has 0 amide bonds. The number of aromatic nitrogens is 5. The minimum atomic E-state index is -0.713. The zero-order chi connectivity index (χ0) is 24.1. The van der Waals surface area contributed by atoms with Crippen molar-refractivity contribution in [3.8, 4) is 22.4 Å². The third-order valence-corrected chi connectivity index (χ3v) is 6.96. The van der Waals surface area contributed by atoms with Crippen molar-refractivity contribution in [2.24, 2.45) is 14.1 Å². The Labute approximate surface area is 193 Å². The highest BCUT2D eigenvalue weighted by Gasteiger charge is 2.25. The second-order valence-electron chi connectivity index (χ2n) is 8.95. The monoisotopic (exact) mass is 462 g/mol. The largest absolute Gasteiger partial charge is 0.384 e. The van der Waals surface area contributed by atoms with Gasteiger partial charge in [-0.3, -0.25) is 28.7 Å². The lowest BCUT2D eigenvalue weighted by Crippen LogP contribution is -2.32. The molecular weight excluding hydrogens is 436 g/mol. The number of aryl methyl sites for hydroxylation is 1. The van der Waals surface area contributed by atoms with Gasteiger partial charge in [0, 0.05) is 19.7 Å².